The molecule has 1 unspecified atom stereocenters. The largest absolute Gasteiger partial charge is 0.316 e. The van der Waals surface area contributed by atoms with E-state index >= 15 is 0 Å². The standard InChI is InChI=1S/C15H16BrClN2/c1-18-14(8-11-4-6-19-7-5-11)9-12-2-3-13(16)10-15(12)17/h2-7,10,14,18H,8-9H2,1H3. The minimum absolute atomic E-state index is 0.362. The zero-order chi connectivity index (χ0) is 13.7. The van der Waals surface area contributed by atoms with Gasteiger partial charge in [-0.3, -0.25) is 4.98 Å². The highest BCUT2D eigenvalue weighted by molar-refractivity contribution is 9.10. The second kappa shape index (κ2) is 7.04. The molecule has 0 aliphatic rings. The van der Waals surface area contributed by atoms with Crippen molar-refractivity contribution in [3.8, 4) is 0 Å². The van der Waals surface area contributed by atoms with Crippen molar-refractivity contribution in [2.75, 3.05) is 7.05 Å². The lowest BCUT2D eigenvalue weighted by Crippen LogP contribution is -2.30. The number of benzene rings is 1. The van der Waals surface area contributed by atoms with E-state index in [2.05, 4.69) is 32.3 Å². The van der Waals surface area contributed by atoms with Crippen LogP contribution in [-0.4, -0.2) is 18.1 Å². The van der Waals surface area contributed by atoms with Crippen LogP contribution in [0.5, 0.6) is 0 Å². The molecule has 1 N–H and O–H groups in total. The molecule has 2 nitrogen and oxygen atoms in total. The normalized spacial score (nSPS) is 12.4. The molecule has 0 saturated heterocycles. The van der Waals surface area contributed by atoms with Gasteiger partial charge < -0.3 is 5.32 Å². The van der Waals surface area contributed by atoms with Crippen LogP contribution in [0.2, 0.25) is 5.02 Å². The summed E-state index contributed by atoms with van der Waals surface area (Å²) in [4.78, 5) is 4.04. The summed E-state index contributed by atoms with van der Waals surface area (Å²) in [6.45, 7) is 0. The van der Waals surface area contributed by atoms with E-state index in [0.717, 1.165) is 22.3 Å². The van der Waals surface area contributed by atoms with Gasteiger partial charge in [-0.25, -0.2) is 0 Å². The first-order valence-corrected chi connectivity index (χ1v) is 7.36. The maximum atomic E-state index is 6.27. The van der Waals surface area contributed by atoms with Crippen LogP contribution in [0.4, 0.5) is 0 Å². The van der Waals surface area contributed by atoms with Crippen molar-refractivity contribution in [3.63, 3.8) is 0 Å². The Morgan fingerprint density at radius 3 is 2.58 bits per heavy atom. The van der Waals surface area contributed by atoms with Gasteiger partial charge in [0, 0.05) is 27.9 Å². The summed E-state index contributed by atoms with van der Waals surface area (Å²) in [5.74, 6) is 0. The van der Waals surface area contributed by atoms with Crippen LogP contribution >= 0.6 is 27.5 Å². The molecule has 0 aliphatic heterocycles. The van der Waals surface area contributed by atoms with Crippen molar-refractivity contribution < 1.29 is 0 Å². The molecule has 1 heterocycles. The van der Waals surface area contributed by atoms with Gasteiger partial charge in [-0.15, -0.1) is 0 Å². The van der Waals surface area contributed by atoms with Gasteiger partial charge in [-0.2, -0.15) is 0 Å². The average Bonchev–Trinajstić information content (AvgIpc) is 2.42. The maximum Gasteiger partial charge on any atom is 0.0449 e. The van der Waals surface area contributed by atoms with Crippen LogP contribution in [0, 0.1) is 0 Å². The van der Waals surface area contributed by atoms with E-state index in [4.69, 9.17) is 11.6 Å². The van der Waals surface area contributed by atoms with Crippen molar-refractivity contribution in [3.05, 3.63) is 63.3 Å². The predicted octanol–water partition coefficient (Wildman–Crippen LogP) is 3.87. The molecule has 19 heavy (non-hydrogen) atoms. The Bertz CT molecular complexity index is 531. The Morgan fingerprint density at radius 2 is 1.95 bits per heavy atom. The van der Waals surface area contributed by atoms with Gasteiger partial charge in [0.2, 0.25) is 0 Å². The number of pyridine rings is 1. The van der Waals surface area contributed by atoms with Gasteiger partial charge in [-0.1, -0.05) is 33.6 Å². The second-order valence-electron chi connectivity index (χ2n) is 4.49. The minimum Gasteiger partial charge on any atom is -0.316 e. The number of hydrogen-bond donors (Lipinski definition) is 1. The summed E-state index contributed by atoms with van der Waals surface area (Å²) in [6, 6.07) is 10.5. The van der Waals surface area contributed by atoms with Crippen molar-refractivity contribution in [1.29, 1.82) is 0 Å². The molecule has 0 fully saturated rings. The lowest BCUT2D eigenvalue weighted by molar-refractivity contribution is 0.556. The monoisotopic (exact) mass is 338 g/mol. The molecule has 0 amide bonds. The Morgan fingerprint density at radius 1 is 1.21 bits per heavy atom. The highest BCUT2D eigenvalue weighted by atomic mass is 79.9. The predicted molar refractivity (Wildman–Crippen MR) is 83.6 cm³/mol. The molecular formula is C15H16BrClN2. The lowest BCUT2D eigenvalue weighted by atomic mass is 10.00. The van der Waals surface area contributed by atoms with Crippen molar-refractivity contribution in [1.82, 2.24) is 10.3 Å². The highest BCUT2D eigenvalue weighted by Crippen LogP contribution is 2.23. The van der Waals surface area contributed by atoms with Gasteiger partial charge in [0.25, 0.3) is 0 Å². The molecule has 1 aromatic heterocycles. The summed E-state index contributed by atoms with van der Waals surface area (Å²) in [5.41, 5.74) is 2.45. The summed E-state index contributed by atoms with van der Waals surface area (Å²) in [5, 5.41) is 4.16. The van der Waals surface area contributed by atoms with Crippen LogP contribution in [-0.2, 0) is 12.8 Å². The van der Waals surface area contributed by atoms with E-state index in [9.17, 15) is 0 Å². The van der Waals surface area contributed by atoms with Crippen LogP contribution in [0.25, 0.3) is 0 Å². The van der Waals surface area contributed by atoms with Gasteiger partial charge in [0.1, 0.15) is 0 Å². The summed E-state index contributed by atoms with van der Waals surface area (Å²) < 4.78 is 1.01. The van der Waals surface area contributed by atoms with Gasteiger partial charge in [0.15, 0.2) is 0 Å². The highest BCUT2D eigenvalue weighted by Gasteiger charge is 2.11. The topological polar surface area (TPSA) is 24.9 Å². The molecule has 2 rings (SSSR count). The molecule has 0 radical (unpaired) electrons. The molecule has 1 aromatic carbocycles. The van der Waals surface area contributed by atoms with Crippen LogP contribution < -0.4 is 5.32 Å². The SMILES string of the molecule is CNC(Cc1ccncc1)Cc1ccc(Br)cc1Cl. The van der Waals surface area contributed by atoms with Crippen LogP contribution in [0.3, 0.4) is 0 Å². The van der Waals surface area contributed by atoms with E-state index in [1.165, 1.54) is 11.1 Å². The molecule has 0 aliphatic carbocycles. The average molecular weight is 340 g/mol. The third-order valence-corrected chi connectivity index (χ3v) is 3.97. The van der Waals surface area contributed by atoms with Crippen LogP contribution in [0.1, 0.15) is 11.1 Å². The molecule has 0 bridgehead atoms. The number of aromatic nitrogens is 1. The van der Waals surface area contributed by atoms with Gasteiger partial charge in [0.05, 0.1) is 0 Å². The van der Waals surface area contributed by atoms with Crippen molar-refractivity contribution in [2.45, 2.75) is 18.9 Å². The quantitative estimate of drug-likeness (QED) is 0.894. The first-order chi connectivity index (χ1) is 9.19. The third-order valence-electron chi connectivity index (χ3n) is 3.12. The third kappa shape index (κ3) is 4.30. The smallest absolute Gasteiger partial charge is 0.0449 e. The lowest BCUT2D eigenvalue weighted by Gasteiger charge is -2.17. The van der Waals surface area contributed by atoms with E-state index in [1.807, 2.05) is 43.7 Å². The first kappa shape index (κ1) is 14.5. The Labute approximate surface area is 127 Å². The van der Waals surface area contributed by atoms with Gasteiger partial charge >= 0.3 is 0 Å². The van der Waals surface area contributed by atoms with Crippen molar-refractivity contribution >= 4 is 27.5 Å². The number of hydrogen-bond acceptors (Lipinski definition) is 2. The summed E-state index contributed by atoms with van der Waals surface area (Å²) in [6.07, 6.45) is 5.53. The zero-order valence-corrected chi connectivity index (χ0v) is 13.1. The van der Waals surface area contributed by atoms with E-state index in [-0.39, 0.29) is 0 Å². The molecule has 1 atom stereocenters. The summed E-state index contributed by atoms with van der Waals surface area (Å²) in [7, 11) is 1.98. The molecule has 0 spiro atoms. The Kier molecular flexibility index (Phi) is 5.37. The fraction of sp³-hybridized carbons (Fsp3) is 0.267. The van der Waals surface area contributed by atoms with Gasteiger partial charge in [-0.05, 0) is 55.3 Å². The van der Waals surface area contributed by atoms with E-state index in [0.29, 0.717) is 6.04 Å². The minimum atomic E-state index is 0.362. The van der Waals surface area contributed by atoms with Crippen molar-refractivity contribution in [2.24, 2.45) is 0 Å². The van der Waals surface area contributed by atoms with E-state index < -0.39 is 0 Å². The Balaban J connectivity index is 2.06. The fourth-order valence-corrected chi connectivity index (χ4v) is 2.78. The van der Waals surface area contributed by atoms with E-state index in [1.54, 1.807) is 0 Å². The number of nitrogens with one attached hydrogen (secondary N) is 1. The van der Waals surface area contributed by atoms with Crippen LogP contribution in [0.15, 0.2) is 47.2 Å². The first-order valence-electron chi connectivity index (χ1n) is 6.19. The number of likely N-dealkylation sites (N-methyl/N-ethyl adjacent to an activating group) is 1. The maximum absolute atomic E-state index is 6.27. The second-order valence-corrected chi connectivity index (χ2v) is 5.81. The molecule has 0 saturated carbocycles. The number of rotatable bonds is 5. The Hall–Kier alpha value is -0.900. The molecule has 4 heteroatoms. The molecule has 100 valence electrons. The molecular weight excluding hydrogens is 324 g/mol. The summed E-state index contributed by atoms with van der Waals surface area (Å²) >= 11 is 9.69. The number of nitrogens with zero attached hydrogens (tertiary/aromatic N) is 1. The molecule has 2 aromatic rings. The fourth-order valence-electron chi connectivity index (χ4n) is 2.03. The zero-order valence-electron chi connectivity index (χ0n) is 10.7. The number of halogens is 2.